The summed E-state index contributed by atoms with van der Waals surface area (Å²) in [5, 5.41) is 23.8. The summed E-state index contributed by atoms with van der Waals surface area (Å²) in [5.41, 5.74) is 3.45. The third kappa shape index (κ3) is 8.81. The second kappa shape index (κ2) is 17.0. The summed E-state index contributed by atoms with van der Waals surface area (Å²) in [6.45, 7) is 1.92. The van der Waals surface area contributed by atoms with Crippen LogP contribution in [0.4, 0.5) is 0 Å². The zero-order chi connectivity index (χ0) is 35.0. The second-order valence-corrected chi connectivity index (χ2v) is 15.9. The first-order valence-corrected chi connectivity index (χ1v) is 19.0. The maximum atomic E-state index is 11.9. The first-order chi connectivity index (χ1) is 23.6. The van der Waals surface area contributed by atoms with Crippen LogP contribution in [0.3, 0.4) is 0 Å². The highest BCUT2D eigenvalue weighted by atomic mass is 16.5. The van der Waals surface area contributed by atoms with Crippen molar-refractivity contribution in [1.29, 1.82) is 0 Å². The molecule has 270 valence electrons. The third-order valence-electron chi connectivity index (χ3n) is 12.0. The maximum Gasteiger partial charge on any atom is 0.119 e. The average Bonchev–Trinajstić information content (AvgIpc) is 3.83. The van der Waals surface area contributed by atoms with Crippen molar-refractivity contribution in [2.75, 3.05) is 55.5 Å². The predicted molar refractivity (Wildman–Crippen MR) is 203 cm³/mol. The molecule has 0 aliphatic heterocycles. The summed E-state index contributed by atoms with van der Waals surface area (Å²) in [6, 6.07) is 16.3. The van der Waals surface area contributed by atoms with Crippen LogP contribution in [0, 0.1) is 23.7 Å². The van der Waals surface area contributed by atoms with Gasteiger partial charge < -0.3 is 29.5 Å². The van der Waals surface area contributed by atoms with E-state index in [1.165, 1.54) is 43.3 Å². The van der Waals surface area contributed by atoms with Gasteiger partial charge in [0.15, 0.2) is 0 Å². The van der Waals surface area contributed by atoms with Crippen LogP contribution in [0.15, 0.2) is 59.7 Å². The lowest BCUT2D eigenvalue weighted by Gasteiger charge is -2.42. The summed E-state index contributed by atoms with van der Waals surface area (Å²) >= 11 is 0. The van der Waals surface area contributed by atoms with E-state index in [-0.39, 0.29) is 0 Å². The van der Waals surface area contributed by atoms with Crippen molar-refractivity contribution in [2.45, 2.75) is 94.7 Å². The number of aliphatic hydroxyl groups is 2. The lowest BCUT2D eigenvalue weighted by Crippen LogP contribution is -2.47. The molecule has 4 atom stereocenters. The number of benzene rings is 2. The fourth-order valence-electron chi connectivity index (χ4n) is 9.71. The van der Waals surface area contributed by atoms with E-state index in [1.54, 1.807) is 14.2 Å². The van der Waals surface area contributed by atoms with Crippen LogP contribution in [0.2, 0.25) is 0 Å². The van der Waals surface area contributed by atoms with Crippen LogP contribution in [0.25, 0.3) is 12.2 Å². The van der Waals surface area contributed by atoms with E-state index in [9.17, 15) is 10.2 Å². The molecular formula is C43H64N2O4. The molecule has 6 heteroatoms. The molecule has 0 saturated heterocycles. The van der Waals surface area contributed by atoms with Gasteiger partial charge in [-0.05, 0) is 138 Å². The van der Waals surface area contributed by atoms with Gasteiger partial charge in [-0.2, -0.15) is 0 Å². The van der Waals surface area contributed by atoms with E-state index in [2.05, 4.69) is 74.4 Å². The summed E-state index contributed by atoms with van der Waals surface area (Å²) in [7, 11) is 11.9. The summed E-state index contributed by atoms with van der Waals surface area (Å²) in [4.78, 5) is 4.45. The molecule has 0 bridgehead atoms. The number of nitrogens with zero attached hydrogens (tertiary/aromatic N) is 2. The van der Waals surface area contributed by atoms with Crippen LogP contribution in [0.1, 0.15) is 94.6 Å². The van der Waals surface area contributed by atoms with Gasteiger partial charge in [0, 0.05) is 24.9 Å². The molecule has 0 spiro atoms. The minimum atomic E-state index is -0.645. The van der Waals surface area contributed by atoms with Gasteiger partial charge in [0.05, 0.1) is 25.4 Å². The molecule has 2 aromatic carbocycles. The van der Waals surface area contributed by atoms with Crippen molar-refractivity contribution in [2.24, 2.45) is 23.7 Å². The Labute approximate surface area is 297 Å². The van der Waals surface area contributed by atoms with Crippen LogP contribution in [0.5, 0.6) is 11.5 Å². The fourth-order valence-corrected chi connectivity index (χ4v) is 9.71. The average molecular weight is 673 g/mol. The highest BCUT2D eigenvalue weighted by Gasteiger charge is 2.51. The van der Waals surface area contributed by atoms with Gasteiger partial charge in [-0.3, -0.25) is 0 Å². The Bertz CT molecular complexity index is 1410. The van der Waals surface area contributed by atoms with Crippen molar-refractivity contribution in [3.05, 3.63) is 70.8 Å². The molecule has 2 aromatic rings. The first-order valence-electron chi connectivity index (χ1n) is 19.0. The molecule has 4 saturated carbocycles. The van der Waals surface area contributed by atoms with Gasteiger partial charge in [0.1, 0.15) is 11.5 Å². The standard InChI is InChI=1S/C22H33NO2.C21H31NO2/c1-23(2)16-20-13-12-19(14-17-8-7-11-21(15-17)25-3)22(20,24)18-9-5-4-6-10-18;1-22(2)15-19-12-11-18(21(19,23)17-8-4-5-9-17)13-16-7-6-10-20(14-16)24-3/h7-8,11,14-15,18,20,24H,4-6,9-10,12-13,16H2,1-3H3;6-7,10,13-14,17,19,23H,4-5,8-9,11-12,15H2,1-3H3. The van der Waals surface area contributed by atoms with E-state index >= 15 is 0 Å². The van der Waals surface area contributed by atoms with E-state index in [0.717, 1.165) is 87.1 Å². The maximum absolute atomic E-state index is 11.9. The molecule has 49 heavy (non-hydrogen) atoms. The molecule has 4 unspecified atom stereocenters. The normalized spacial score (nSPS) is 29.6. The van der Waals surface area contributed by atoms with Crippen LogP contribution >= 0.6 is 0 Å². The van der Waals surface area contributed by atoms with E-state index in [1.807, 2.05) is 24.3 Å². The number of hydrogen-bond acceptors (Lipinski definition) is 6. The number of methoxy groups -OCH3 is 2. The minimum Gasteiger partial charge on any atom is -0.497 e. The van der Waals surface area contributed by atoms with Crippen molar-refractivity contribution >= 4 is 12.2 Å². The van der Waals surface area contributed by atoms with Gasteiger partial charge >= 0.3 is 0 Å². The Morgan fingerprint density at radius 1 is 0.612 bits per heavy atom. The molecule has 4 aliphatic carbocycles. The van der Waals surface area contributed by atoms with E-state index in [4.69, 9.17) is 9.47 Å². The fraction of sp³-hybridized carbons (Fsp3) is 0.628. The largest absolute Gasteiger partial charge is 0.497 e. The summed E-state index contributed by atoms with van der Waals surface area (Å²) in [6.07, 6.45) is 19.6. The number of ether oxygens (including phenoxy) is 2. The Kier molecular flexibility index (Phi) is 13.1. The Morgan fingerprint density at radius 3 is 1.37 bits per heavy atom. The lowest BCUT2D eigenvalue weighted by molar-refractivity contribution is -0.0399. The van der Waals surface area contributed by atoms with Gasteiger partial charge in [0.25, 0.3) is 0 Å². The van der Waals surface area contributed by atoms with Crippen molar-refractivity contribution in [3.63, 3.8) is 0 Å². The molecule has 2 N–H and O–H groups in total. The van der Waals surface area contributed by atoms with Crippen LogP contribution < -0.4 is 9.47 Å². The molecule has 4 fully saturated rings. The molecule has 0 radical (unpaired) electrons. The highest BCUT2D eigenvalue weighted by molar-refractivity contribution is 5.59. The lowest BCUT2D eigenvalue weighted by atomic mass is 9.70. The zero-order valence-electron chi connectivity index (χ0n) is 31.3. The molecule has 4 aliphatic rings. The topological polar surface area (TPSA) is 65.4 Å². The van der Waals surface area contributed by atoms with Crippen molar-refractivity contribution in [1.82, 2.24) is 9.80 Å². The van der Waals surface area contributed by atoms with Crippen LogP contribution in [-0.4, -0.2) is 86.7 Å². The predicted octanol–water partition coefficient (Wildman–Crippen LogP) is 8.33. The number of hydrogen-bond donors (Lipinski definition) is 2. The minimum absolute atomic E-state index is 0.336. The molecular weight excluding hydrogens is 608 g/mol. The first kappa shape index (κ1) is 37.6. The Hall–Kier alpha value is -2.64. The molecule has 6 nitrogen and oxygen atoms in total. The Balaban J connectivity index is 0.000000191. The monoisotopic (exact) mass is 672 g/mol. The molecule has 6 rings (SSSR count). The van der Waals surface area contributed by atoms with Crippen molar-refractivity contribution < 1.29 is 19.7 Å². The smallest absolute Gasteiger partial charge is 0.119 e. The van der Waals surface area contributed by atoms with Crippen LogP contribution in [-0.2, 0) is 0 Å². The van der Waals surface area contributed by atoms with Gasteiger partial charge in [-0.15, -0.1) is 0 Å². The highest BCUT2D eigenvalue weighted by Crippen LogP contribution is 2.52. The van der Waals surface area contributed by atoms with Gasteiger partial charge in [-0.25, -0.2) is 0 Å². The van der Waals surface area contributed by atoms with Gasteiger partial charge in [-0.1, -0.05) is 68.5 Å². The third-order valence-corrected chi connectivity index (χ3v) is 12.0. The summed E-state index contributed by atoms with van der Waals surface area (Å²) in [5.74, 6) is 3.25. The SMILES string of the molecule is COc1cccc(C=C2CCC(CN(C)C)C2(O)C2CCCC2)c1.COc1cccc(C=C2CCC(CN(C)C)C2(O)C2CCCCC2)c1. The second-order valence-electron chi connectivity index (χ2n) is 15.9. The molecule has 0 heterocycles. The van der Waals surface area contributed by atoms with Gasteiger partial charge in [0.2, 0.25) is 0 Å². The Morgan fingerprint density at radius 2 is 1.00 bits per heavy atom. The number of rotatable bonds is 10. The van der Waals surface area contributed by atoms with E-state index < -0.39 is 11.2 Å². The van der Waals surface area contributed by atoms with E-state index in [0.29, 0.717) is 23.7 Å². The molecule has 0 amide bonds. The quantitative estimate of drug-likeness (QED) is 0.265. The molecule has 0 aromatic heterocycles. The van der Waals surface area contributed by atoms with Crippen molar-refractivity contribution in [3.8, 4) is 11.5 Å². The summed E-state index contributed by atoms with van der Waals surface area (Å²) < 4.78 is 10.7. The zero-order valence-corrected chi connectivity index (χ0v) is 31.3.